The number of rotatable bonds is 11. The second kappa shape index (κ2) is 12.6. The Morgan fingerprint density at radius 2 is 1.77 bits per heavy atom. The molecule has 0 spiro atoms. The normalized spacial score (nSPS) is 11.4. The summed E-state index contributed by atoms with van der Waals surface area (Å²) in [5, 5.41) is 5.75. The van der Waals surface area contributed by atoms with Gasteiger partial charge in [0.15, 0.2) is 12.4 Å². The molecule has 0 bridgehead atoms. The molecule has 2 aromatic carbocycles. The molecule has 3 amide bonds. The molecule has 3 rings (SSSR count). The van der Waals surface area contributed by atoms with E-state index in [0.717, 1.165) is 5.56 Å². The Labute approximate surface area is 209 Å². The summed E-state index contributed by atoms with van der Waals surface area (Å²) in [6.07, 6.45) is 1.67. The van der Waals surface area contributed by atoms with E-state index < -0.39 is 17.9 Å². The maximum Gasteiger partial charge on any atom is 0.287 e. The highest BCUT2D eigenvalue weighted by molar-refractivity contribution is 6.32. The van der Waals surface area contributed by atoms with E-state index in [-0.39, 0.29) is 29.7 Å². The molecular formula is C26H28ClN3O5. The highest BCUT2D eigenvalue weighted by Crippen LogP contribution is 2.28. The van der Waals surface area contributed by atoms with Crippen molar-refractivity contribution in [3.05, 3.63) is 83.3 Å². The SMILES string of the molecule is CCN(CC)C(=O)COc1ccc(NC(=O)C(Cc2ccccc2)NC(=O)c2ccco2)cc1Cl. The van der Waals surface area contributed by atoms with Crippen molar-refractivity contribution in [3.8, 4) is 5.75 Å². The standard InChI is InChI=1S/C26H28ClN3O5/c1-3-30(4-2)24(31)17-35-22-13-12-19(16-20(22)27)28-25(32)21(15-18-9-6-5-7-10-18)29-26(33)23-11-8-14-34-23/h5-14,16,21H,3-4,15,17H2,1-2H3,(H,28,32)(H,29,33). The van der Waals surface area contributed by atoms with Crippen LogP contribution in [0.15, 0.2) is 71.3 Å². The van der Waals surface area contributed by atoms with E-state index in [1.54, 1.807) is 23.1 Å². The third-order valence-electron chi connectivity index (χ3n) is 5.32. The number of hydrogen-bond donors (Lipinski definition) is 2. The number of nitrogens with zero attached hydrogens (tertiary/aromatic N) is 1. The quantitative estimate of drug-likeness (QED) is 0.414. The zero-order valence-electron chi connectivity index (χ0n) is 19.6. The van der Waals surface area contributed by atoms with Gasteiger partial charge in [0.2, 0.25) is 5.91 Å². The number of nitrogens with one attached hydrogen (secondary N) is 2. The third-order valence-corrected chi connectivity index (χ3v) is 5.61. The Balaban J connectivity index is 1.68. The second-order valence-electron chi connectivity index (χ2n) is 7.68. The molecule has 0 aliphatic carbocycles. The van der Waals surface area contributed by atoms with Crippen molar-refractivity contribution in [2.24, 2.45) is 0 Å². The molecule has 0 radical (unpaired) electrons. The van der Waals surface area contributed by atoms with E-state index in [0.29, 0.717) is 24.5 Å². The van der Waals surface area contributed by atoms with Crippen molar-refractivity contribution in [3.63, 3.8) is 0 Å². The van der Waals surface area contributed by atoms with Gasteiger partial charge < -0.3 is 24.7 Å². The number of amides is 3. The Bertz CT molecular complexity index is 1130. The minimum atomic E-state index is -0.864. The maximum atomic E-state index is 13.1. The van der Waals surface area contributed by atoms with Crippen molar-refractivity contribution in [1.29, 1.82) is 0 Å². The van der Waals surface area contributed by atoms with Gasteiger partial charge in [0.1, 0.15) is 11.8 Å². The molecule has 3 aromatic rings. The topological polar surface area (TPSA) is 101 Å². The van der Waals surface area contributed by atoms with Crippen LogP contribution in [0.3, 0.4) is 0 Å². The fourth-order valence-corrected chi connectivity index (χ4v) is 3.66. The van der Waals surface area contributed by atoms with Gasteiger partial charge in [-0.3, -0.25) is 14.4 Å². The van der Waals surface area contributed by atoms with Crippen LogP contribution in [0.5, 0.6) is 5.75 Å². The molecule has 2 N–H and O–H groups in total. The van der Waals surface area contributed by atoms with Crippen LogP contribution in [0.1, 0.15) is 30.0 Å². The number of furan rings is 1. The molecule has 1 aromatic heterocycles. The van der Waals surface area contributed by atoms with Gasteiger partial charge in [-0.05, 0) is 49.7 Å². The van der Waals surface area contributed by atoms with Crippen LogP contribution < -0.4 is 15.4 Å². The molecule has 1 heterocycles. The number of anilines is 1. The van der Waals surface area contributed by atoms with Crippen molar-refractivity contribution >= 4 is 35.0 Å². The lowest BCUT2D eigenvalue weighted by molar-refractivity contribution is -0.133. The molecule has 0 fully saturated rings. The van der Waals surface area contributed by atoms with Gasteiger partial charge in [0, 0.05) is 25.2 Å². The Hall–Kier alpha value is -3.78. The van der Waals surface area contributed by atoms with Crippen molar-refractivity contribution in [2.45, 2.75) is 26.3 Å². The molecule has 0 saturated carbocycles. The summed E-state index contributed by atoms with van der Waals surface area (Å²) in [7, 11) is 0. The van der Waals surface area contributed by atoms with Crippen LogP contribution in [-0.2, 0) is 16.0 Å². The lowest BCUT2D eigenvalue weighted by atomic mass is 10.0. The van der Waals surface area contributed by atoms with Crippen molar-refractivity contribution in [2.75, 3.05) is 25.0 Å². The van der Waals surface area contributed by atoms with Crippen LogP contribution in [0.2, 0.25) is 5.02 Å². The van der Waals surface area contributed by atoms with Gasteiger partial charge in [0.05, 0.1) is 11.3 Å². The highest BCUT2D eigenvalue weighted by atomic mass is 35.5. The number of benzene rings is 2. The van der Waals surface area contributed by atoms with E-state index in [1.165, 1.54) is 18.4 Å². The summed E-state index contributed by atoms with van der Waals surface area (Å²) in [6.45, 7) is 4.85. The van der Waals surface area contributed by atoms with E-state index in [9.17, 15) is 14.4 Å². The van der Waals surface area contributed by atoms with E-state index in [4.69, 9.17) is 20.8 Å². The predicted octanol–water partition coefficient (Wildman–Crippen LogP) is 4.16. The van der Waals surface area contributed by atoms with Gasteiger partial charge in [-0.1, -0.05) is 41.9 Å². The highest BCUT2D eigenvalue weighted by Gasteiger charge is 2.23. The van der Waals surface area contributed by atoms with Gasteiger partial charge in [-0.25, -0.2) is 0 Å². The zero-order valence-corrected chi connectivity index (χ0v) is 20.4. The van der Waals surface area contributed by atoms with E-state index in [2.05, 4.69) is 10.6 Å². The Morgan fingerprint density at radius 1 is 1.03 bits per heavy atom. The number of likely N-dealkylation sites (N-methyl/N-ethyl adjacent to an activating group) is 1. The summed E-state index contributed by atoms with van der Waals surface area (Å²) in [4.78, 5) is 39.4. The summed E-state index contributed by atoms with van der Waals surface area (Å²) in [5.41, 5.74) is 1.31. The summed E-state index contributed by atoms with van der Waals surface area (Å²) >= 11 is 6.32. The van der Waals surface area contributed by atoms with Crippen LogP contribution in [-0.4, -0.2) is 48.4 Å². The first kappa shape index (κ1) is 25.8. The number of hydrogen-bond acceptors (Lipinski definition) is 5. The number of carbonyl (C=O) groups excluding carboxylic acids is 3. The number of carbonyl (C=O) groups is 3. The molecule has 1 atom stereocenters. The largest absolute Gasteiger partial charge is 0.482 e. The summed E-state index contributed by atoms with van der Waals surface area (Å²) in [6, 6.07) is 16.4. The maximum absolute atomic E-state index is 13.1. The molecule has 184 valence electrons. The Morgan fingerprint density at radius 3 is 2.40 bits per heavy atom. The van der Waals surface area contributed by atoms with Crippen LogP contribution in [0.4, 0.5) is 5.69 Å². The fraction of sp³-hybridized carbons (Fsp3) is 0.269. The van der Waals surface area contributed by atoms with E-state index in [1.807, 2.05) is 44.2 Å². The molecule has 8 nitrogen and oxygen atoms in total. The van der Waals surface area contributed by atoms with Gasteiger partial charge >= 0.3 is 0 Å². The van der Waals surface area contributed by atoms with Gasteiger partial charge in [-0.15, -0.1) is 0 Å². The second-order valence-corrected chi connectivity index (χ2v) is 8.09. The molecular weight excluding hydrogens is 470 g/mol. The minimum Gasteiger partial charge on any atom is -0.482 e. The predicted molar refractivity (Wildman–Crippen MR) is 134 cm³/mol. The third kappa shape index (κ3) is 7.35. The summed E-state index contributed by atoms with van der Waals surface area (Å²) < 4.78 is 10.7. The average molecular weight is 498 g/mol. The zero-order chi connectivity index (χ0) is 25.2. The summed E-state index contributed by atoms with van der Waals surface area (Å²) in [5.74, 6) is -0.614. The Kier molecular flexibility index (Phi) is 9.31. The molecule has 35 heavy (non-hydrogen) atoms. The van der Waals surface area contributed by atoms with Crippen LogP contribution in [0.25, 0.3) is 0 Å². The first-order chi connectivity index (χ1) is 16.9. The molecule has 0 aliphatic heterocycles. The van der Waals surface area contributed by atoms with Crippen LogP contribution >= 0.6 is 11.6 Å². The van der Waals surface area contributed by atoms with Gasteiger partial charge in [-0.2, -0.15) is 0 Å². The first-order valence-corrected chi connectivity index (χ1v) is 11.7. The smallest absolute Gasteiger partial charge is 0.287 e. The molecule has 0 saturated heterocycles. The lowest BCUT2D eigenvalue weighted by Crippen LogP contribution is -2.45. The van der Waals surface area contributed by atoms with Crippen molar-refractivity contribution < 1.29 is 23.5 Å². The molecule has 0 aliphatic rings. The number of ether oxygens (including phenoxy) is 1. The first-order valence-electron chi connectivity index (χ1n) is 11.3. The monoisotopic (exact) mass is 497 g/mol. The van der Waals surface area contributed by atoms with E-state index >= 15 is 0 Å². The average Bonchev–Trinajstić information content (AvgIpc) is 3.40. The van der Waals surface area contributed by atoms with Crippen molar-refractivity contribution in [1.82, 2.24) is 10.2 Å². The lowest BCUT2D eigenvalue weighted by Gasteiger charge is -2.20. The van der Waals surface area contributed by atoms with Crippen LogP contribution in [0, 0.1) is 0 Å². The van der Waals surface area contributed by atoms with Gasteiger partial charge in [0.25, 0.3) is 11.8 Å². The fourth-order valence-electron chi connectivity index (χ4n) is 3.43. The molecule has 1 unspecified atom stereocenters. The molecule has 9 heteroatoms. The minimum absolute atomic E-state index is 0.111. The number of halogens is 1.